The number of esters is 1. The Bertz CT molecular complexity index is 626. The lowest BCUT2D eigenvalue weighted by Crippen LogP contribution is -2.59. The number of imide groups is 2. The third kappa shape index (κ3) is 2.05. The molecular formula is C11H9FN2O5S. The number of methoxy groups -OCH3 is 1. The van der Waals surface area contributed by atoms with E-state index in [9.17, 15) is 23.6 Å². The number of anilines is 1. The van der Waals surface area contributed by atoms with Crippen molar-refractivity contribution in [2.75, 3.05) is 12.0 Å². The molecular weight excluding hydrogens is 291 g/mol. The highest BCUT2D eigenvalue weighted by Crippen LogP contribution is 2.33. The van der Waals surface area contributed by atoms with E-state index >= 15 is 0 Å². The lowest BCUT2D eigenvalue weighted by molar-refractivity contribution is -0.135. The number of rotatable bonds is 2. The number of amides is 4. The first-order chi connectivity index (χ1) is 9.38. The van der Waals surface area contributed by atoms with E-state index in [1.165, 1.54) is 5.38 Å². The summed E-state index contributed by atoms with van der Waals surface area (Å²) in [6, 6.07) is -1.10. The number of thiophene rings is 1. The standard InChI is InChI=1S/C11H9FN2O5S/c1-4-3-20-7(10(17)19-2)6(4)14-9(16)5(12)8(15)13-11(14)18/h3,5H,1-2H3,(H,13,15,18). The van der Waals surface area contributed by atoms with Crippen LogP contribution in [0.25, 0.3) is 0 Å². The fraction of sp³-hybridized carbons (Fsp3) is 0.273. The summed E-state index contributed by atoms with van der Waals surface area (Å²) in [6.07, 6.45) is -2.49. The fourth-order valence-corrected chi connectivity index (χ4v) is 2.67. The van der Waals surface area contributed by atoms with Crippen LogP contribution in [0.3, 0.4) is 0 Å². The van der Waals surface area contributed by atoms with Crippen molar-refractivity contribution in [1.82, 2.24) is 5.32 Å². The first kappa shape index (κ1) is 14.1. The number of halogens is 1. The van der Waals surface area contributed by atoms with Crippen molar-refractivity contribution in [3.63, 3.8) is 0 Å². The molecule has 106 valence electrons. The number of barbiturate groups is 1. The Labute approximate surface area is 116 Å². The van der Waals surface area contributed by atoms with Gasteiger partial charge in [0.1, 0.15) is 4.88 Å². The second-order valence-corrected chi connectivity index (χ2v) is 4.80. The van der Waals surface area contributed by atoms with Gasteiger partial charge in [-0.2, -0.15) is 0 Å². The highest BCUT2D eigenvalue weighted by atomic mass is 32.1. The van der Waals surface area contributed by atoms with Crippen LogP contribution in [0.5, 0.6) is 0 Å². The van der Waals surface area contributed by atoms with Gasteiger partial charge in [0.05, 0.1) is 12.8 Å². The quantitative estimate of drug-likeness (QED) is 0.643. The molecule has 1 saturated heterocycles. The minimum atomic E-state index is -2.49. The van der Waals surface area contributed by atoms with E-state index in [1.807, 2.05) is 0 Å². The van der Waals surface area contributed by atoms with Crippen LogP contribution in [0.1, 0.15) is 15.2 Å². The van der Waals surface area contributed by atoms with Crippen molar-refractivity contribution in [2.24, 2.45) is 0 Å². The van der Waals surface area contributed by atoms with E-state index in [0.717, 1.165) is 18.4 Å². The van der Waals surface area contributed by atoms with Crippen molar-refractivity contribution in [2.45, 2.75) is 13.1 Å². The third-order valence-corrected chi connectivity index (χ3v) is 3.70. The van der Waals surface area contributed by atoms with Gasteiger partial charge >= 0.3 is 12.0 Å². The molecule has 4 amide bonds. The molecule has 1 unspecified atom stereocenters. The zero-order valence-corrected chi connectivity index (χ0v) is 11.2. The van der Waals surface area contributed by atoms with E-state index in [1.54, 1.807) is 12.2 Å². The Balaban J connectivity index is 2.53. The maximum atomic E-state index is 13.5. The summed E-state index contributed by atoms with van der Waals surface area (Å²) in [7, 11) is 1.14. The molecule has 2 heterocycles. The molecule has 0 bridgehead atoms. The number of nitrogens with one attached hydrogen (secondary N) is 1. The minimum Gasteiger partial charge on any atom is -0.465 e. The number of ether oxygens (including phenoxy) is 1. The van der Waals surface area contributed by atoms with Gasteiger partial charge in [-0.25, -0.2) is 18.9 Å². The van der Waals surface area contributed by atoms with Gasteiger partial charge in [0.2, 0.25) is 0 Å². The Morgan fingerprint density at radius 1 is 1.45 bits per heavy atom. The van der Waals surface area contributed by atoms with Crippen LogP contribution < -0.4 is 10.2 Å². The van der Waals surface area contributed by atoms with Gasteiger partial charge in [0, 0.05) is 0 Å². The molecule has 0 saturated carbocycles. The Morgan fingerprint density at radius 3 is 2.70 bits per heavy atom. The number of carbonyl (C=O) groups excluding carboxylic acids is 4. The second kappa shape index (κ2) is 5.00. The highest BCUT2D eigenvalue weighted by molar-refractivity contribution is 7.12. The first-order valence-corrected chi connectivity index (χ1v) is 6.25. The first-order valence-electron chi connectivity index (χ1n) is 5.37. The van der Waals surface area contributed by atoms with Gasteiger partial charge in [-0.3, -0.25) is 14.9 Å². The van der Waals surface area contributed by atoms with Crippen molar-refractivity contribution in [1.29, 1.82) is 0 Å². The summed E-state index contributed by atoms with van der Waals surface area (Å²) >= 11 is 0.953. The number of hydrogen-bond acceptors (Lipinski definition) is 6. The predicted octanol–water partition coefficient (Wildman–Crippen LogP) is 0.764. The van der Waals surface area contributed by atoms with Crippen LogP contribution in [-0.2, 0) is 14.3 Å². The zero-order chi connectivity index (χ0) is 15.0. The minimum absolute atomic E-state index is 0.0185. The molecule has 0 spiro atoms. The number of nitrogens with zero attached hydrogens (tertiary/aromatic N) is 1. The van der Waals surface area contributed by atoms with Crippen molar-refractivity contribution in [3.8, 4) is 0 Å². The summed E-state index contributed by atoms with van der Waals surface area (Å²) < 4.78 is 18.0. The molecule has 7 nitrogen and oxygen atoms in total. The average Bonchev–Trinajstić information content (AvgIpc) is 2.78. The van der Waals surface area contributed by atoms with E-state index < -0.39 is 30.0 Å². The molecule has 1 N–H and O–H groups in total. The van der Waals surface area contributed by atoms with E-state index in [-0.39, 0.29) is 10.6 Å². The van der Waals surface area contributed by atoms with Gasteiger partial charge < -0.3 is 4.74 Å². The summed E-state index contributed by atoms with van der Waals surface area (Å²) in [4.78, 5) is 46.6. The lowest BCUT2D eigenvalue weighted by Gasteiger charge is -2.27. The molecule has 20 heavy (non-hydrogen) atoms. The molecule has 2 rings (SSSR count). The topological polar surface area (TPSA) is 92.8 Å². The molecule has 0 radical (unpaired) electrons. The lowest BCUT2D eigenvalue weighted by atomic mass is 10.2. The molecule has 0 aliphatic carbocycles. The van der Waals surface area contributed by atoms with Gasteiger partial charge in [-0.05, 0) is 17.9 Å². The van der Waals surface area contributed by atoms with E-state index in [0.29, 0.717) is 10.5 Å². The summed E-state index contributed by atoms with van der Waals surface area (Å²) in [5.41, 5.74) is 0.347. The molecule has 1 aromatic rings. The van der Waals surface area contributed by atoms with E-state index in [2.05, 4.69) is 4.74 Å². The Morgan fingerprint density at radius 2 is 2.10 bits per heavy atom. The highest BCUT2D eigenvalue weighted by Gasteiger charge is 2.43. The number of alkyl halides is 1. The average molecular weight is 300 g/mol. The summed E-state index contributed by atoms with van der Waals surface area (Å²) in [5.74, 6) is -3.40. The Hall–Kier alpha value is -2.29. The number of aryl methyl sites for hydroxylation is 1. The number of hydrogen-bond donors (Lipinski definition) is 1. The predicted molar refractivity (Wildman–Crippen MR) is 66.3 cm³/mol. The maximum Gasteiger partial charge on any atom is 0.350 e. The van der Waals surface area contributed by atoms with Gasteiger partial charge in [-0.15, -0.1) is 11.3 Å². The largest absolute Gasteiger partial charge is 0.465 e. The van der Waals surface area contributed by atoms with Crippen LogP contribution >= 0.6 is 11.3 Å². The van der Waals surface area contributed by atoms with Crippen LogP contribution in [0, 0.1) is 6.92 Å². The van der Waals surface area contributed by atoms with Crippen molar-refractivity contribution >= 4 is 40.8 Å². The maximum absolute atomic E-state index is 13.5. The molecule has 1 aliphatic rings. The van der Waals surface area contributed by atoms with E-state index in [4.69, 9.17) is 0 Å². The smallest absolute Gasteiger partial charge is 0.350 e. The number of carbonyl (C=O) groups is 4. The van der Waals surface area contributed by atoms with Crippen LogP contribution in [0.4, 0.5) is 14.9 Å². The summed E-state index contributed by atoms with van der Waals surface area (Å²) in [5, 5.41) is 3.23. The van der Waals surface area contributed by atoms with Crippen molar-refractivity contribution in [3.05, 3.63) is 15.8 Å². The van der Waals surface area contributed by atoms with Crippen LogP contribution in [-0.4, -0.2) is 37.1 Å². The van der Waals surface area contributed by atoms with Crippen molar-refractivity contribution < 1.29 is 28.3 Å². The van der Waals surface area contributed by atoms with Gasteiger partial charge in [-0.1, -0.05) is 0 Å². The monoisotopic (exact) mass is 300 g/mol. The SMILES string of the molecule is COC(=O)c1scc(C)c1N1C(=O)NC(=O)C(F)C1=O. The number of urea groups is 1. The molecule has 1 atom stereocenters. The molecule has 9 heteroatoms. The Kier molecular flexibility index (Phi) is 3.53. The molecule has 0 aromatic carbocycles. The fourth-order valence-electron chi connectivity index (χ4n) is 1.72. The van der Waals surface area contributed by atoms with Gasteiger partial charge in [0.25, 0.3) is 18.0 Å². The third-order valence-electron chi connectivity index (χ3n) is 2.64. The van der Waals surface area contributed by atoms with Gasteiger partial charge in [0.15, 0.2) is 0 Å². The second-order valence-electron chi connectivity index (χ2n) is 3.92. The normalized spacial score (nSPS) is 19.1. The molecule has 1 aliphatic heterocycles. The molecule has 1 aromatic heterocycles. The summed E-state index contributed by atoms with van der Waals surface area (Å²) in [6.45, 7) is 1.54. The van der Waals surface area contributed by atoms with Crippen LogP contribution in [0.2, 0.25) is 0 Å². The molecule has 1 fully saturated rings. The van der Waals surface area contributed by atoms with Crippen LogP contribution in [0.15, 0.2) is 5.38 Å². The zero-order valence-electron chi connectivity index (χ0n) is 10.4.